The lowest BCUT2D eigenvalue weighted by atomic mass is 9.47. The zero-order chi connectivity index (χ0) is 40.9. The summed E-state index contributed by atoms with van der Waals surface area (Å²) in [6.45, 7) is 17.5. The monoisotopic (exact) mass is 793 g/mol. The Labute approximate surface area is 357 Å². The molecule has 2 heteroatoms. The molecule has 0 radical (unpaired) electrons. The average Bonchev–Trinajstić information content (AvgIpc) is 3.55. The Morgan fingerprint density at radius 3 is 1.68 bits per heavy atom. The van der Waals surface area contributed by atoms with Gasteiger partial charge < -0.3 is 4.74 Å². The smallest absolute Gasteiger partial charge is 0.306 e. The highest BCUT2D eigenvalue weighted by Gasteiger charge is 2.59. The Kier molecular flexibility index (Phi) is 22.7. The number of allylic oxidation sites excluding steroid dienone is 1. The van der Waals surface area contributed by atoms with Crippen LogP contribution in [0, 0.1) is 52.3 Å². The van der Waals surface area contributed by atoms with Crippen molar-refractivity contribution in [3.63, 3.8) is 0 Å². The molecule has 0 bridgehead atoms. The van der Waals surface area contributed by atoms with Gasteiger partial charge in [0.05, 0.1) is 0 Å². The molecule has 1 unspecified atom stereocenters. The third-order valence-corrected chi connectivity index (χ3v) is 17.6. The van der Waals surface area contributed by atoms with Gasteiger partial charge in [0, 0.05) is 12.8 Å². The lowest BCUT2D eigenvalue weighted by Gasteiger charge is -2.58. The van der Waals surface area contributed by atoms with Crippen molar-refractivity contribution in [2.75, 3.05) is 0 Å². The number of carbonyl (C=O) groups is 1. The summed E-state index contributed by atoms with van der Waals surface area (Å²) in [6, 6.07) is 0. The minimum absolute atomic E-state index is 0.0691. The van der Waals surface area contributed by atoms with Gasteiger partial charge in [-0.1, -0.05) is 214 Å². The van der Waals surface area contributed by atoms with E-state index in [0.717, 1.165) is 60.7 Å². The van der Waals surface area contributed by atoms with Gasteiger partial charge >= 0.3 is 5.97 Å². The second-order valence-electron chi connectivity index (χ2n) is 21.8. The van der Waals surface area contributed by atoms with Gasteiger partial charge in [0.2, 0.25) is 0 Å². The number of rotatable bonds is 31. The summed E-state index contributed by atoms with van der Waals surface area (Å²) in [7, 11) is 0. The fourth-order valence-electron chi connectivity index (χ4n) is 13.7. The highest BCUT2D eigenvalue weighted by atomic mass is 16.5. The number of hydrogen-bond acceptors (Lipinski definition) is 2. The van der Waals surface area contributed by atoms with Gasteiger partial charge in [-0.3, -0.25) is 4.79 Å². The topological polar surface area (TPSA) is 26.3 Å². The number of esters is 1. The third kappa shape index (κ3) is 15.3. The van der Waals surface area contributed by atoms with Crippen LogP contribution in [0.15, 0.2) is 11.6 Å². The van der Waals surface area contributed by atoms with Crippen LogP contribution in [0.2, 0.25) is 0 Å². The van der Waals surface area contributed by atoms with E-state index >= 15 is 0 Å². The van der Waals surface area contributed by atoms with Gasteiger partial charge in [0.15, 0.2) is 0 Å². The van der Waals surface area contributed by atoms with Crippen LogP contribution in [0.3, 0.4) is 0 Å². The van der Waals surface area contributed by atoms with E-state index < -0.39 is 0 Å². The summed E-state index contributed by atoms with van der Waals surface area (Å²) >= 11 is 0. The van der Waals surface area contributed by atoms with Crippen LogP contribution in [0.25, 0.3) is 0 Å². The summed E-state index contributed by atoms with van der Waals surface area (Å²) < 4.78 is 6.18. The number of ether oxygens (including phenoxy) is 1. The first-order valence-corrected chi connectivity index (χ1v) is 26.5. The molecule has 0 aromatic heterocycles. The molecule has 0 saturated heterocycles. The molecule has 0 amide bonds. The Morgan fingerprint density at radius 1 is 0.649 bits per heavy atom. The first-order chi connectivity index (χ1) is 27.6. The van der Waals surface area contributed by atoms with E-state index in [0.29, 0.717) is 17.3 Å². The van der Waals surface area contributed by atoms with Gasteiger partial charge in [0.1, 0.15) is 6.10 Å². The van der Waals surface area contributed by atoms with E-state index in [-0.39, 0.29) is 12.1 Å². The molecule has 4 aliphatic rings. The third-order valence-electron chi connectivity index (χ3n) is 17.6. The Bertz CT molecular complexity index is 1110. The van der Waals surface area contributed by atoms with E-state index in [2.05, 4.69) is 54.5 Å². The SMILES string of the molecule is CCCCCCCCCCCCCCCCCCCCCCCCCC(=O)OC1CC[C@@]2(C)C(=CC[C@H]3[C@@H]4CC[C@H]([C@H](C)CC[C@@H](CC)C(C)C)[C@@]4(C)CC[C@@H]32)C1. The minimum atomic E-state index is 0.0691. The number of fused-ring (bicyclic) bond motifs is 5. The lowest BCUT2D eigenvalue weighted by Crippen LogP contribution is -2.51. The Balaban J connectivity index is 0.995. The first-order valence-electron chi connectivity index (χ1n) is 26.5. The Hall–Kier alpha value is -0.790. The maximum absolute atomic E-state index is 12.9. The van der Waals surface area contributed by atoms with Crippen LogP contribution in [-0.2, 0) is 9.53 Å². The molecule has 3 saturated carbocycles. The largest absolute Gasteiger partial charge is 0.462 e. The minimum Gasteiger partial charge on any atom is -0.462 e. The number of hydrogen-bond donors (Lipinski definition) is 0. The molecule has 3 fully saturated rings. The van der Waals surface area contributed by atoms with Crippen LogP contribution in [0.4, 0.5) is 0 Å². The summed E-state index contributed by atoms with van der Waals surface area (Å²) in [5.74, 6) is 6.17. The number of carbonyl (C=O) groups excluding carboxylic acids is 1. The zero-order valence-corrected chi connectivity index (χ0v) is 39.8. The molecule has 0 spiro atoms. The summed E-state index contributed by atoms with van der Waals surface area (Å²) in [4.78, 5) is 12.9. The molecule has 0 N–H and O–H groups in total. The fraction of sp³-hybridized carbons (Fsp3) is 0.945. The maximum Gasteiger partial charge on any atom is 0.306 e. The molecule has 4 rings (SSSR count). The van der Waals surface area contributed by atoms with E-state index in [1.165, 1.54) is 199 Å². The molecule has 332 valence electrons. The van der Waals surface area contributed by atoms with Crippen molar-refractivity contribution in [3.05, 3.63) is 11.6 Å². The van der Waals surface area contributed by atoms with Gasteiger partial charge in [-0.2, -0.15) is 0 Å². The molecule has 0 heterocycles. The highest BCUT2D eigenvalue weighted by molar-refractivity contribution is 5.69. The predicted octanol–water partition coefficient (Wildman–Crippen LogP) is 18.0. The van der Waals surface area contributed by atoms with E-state index in [4.69, 9.17) is 4.74 Å². The number of unbranched alkanes of at least 4 members (excludes halogenated alkanes) is 22. The standard InChI is InChI=1S/C55H100O2/c1-8-10-11-12-13-14-15-16-17-18-19-20-21-22-23-24-25-26-27-28-29-30-31-32-53(56)57-48-39-41-54(6)47(43-48)35-36-49-51-38-37-50(55(51,7)42-40-52(49)54)45(5)33-34-46(9-2)44(3)4/h35,44-46,48-52H,8-34,36-43H2,1-7H3/t45-,46-,48?,49+,50-,51+,52+,54+,55-/m1/s1. The normalized spacial score (nSPS) is 29.4. The van der Waals surface area contributed by atoms with E-state index in [1.807, 2.05) is 0 Å². The predicted molar refractivity (Wildman–Crippen MR) is 249 cm³/mol. The van der Waals surface area contributed by atoms with E-state index in [9.17, 15) is 4.79 Å². The van der Waals surface area contributed by atoms with Gasteiger partial charge in [0.25, 0.3) is 0 Å². The molecule has 2 nitrogen and oxygen atoms in total. The van der Waals surface area contributed by atoms with Gasteiger partial charge in [-0.15, -0.1) is 0 Å². The average molecular weight is 793 g/mol. The van der Waals surface area contributed by atoms with Crippen molar-refractivity contribution in [3.8, 4) is 0 Å². The van der Waals surface area contributed by atoms with Crippen molar-refractivity contribution >= 4 is 5.97 Å². The molecular formula is C55H100O2. The molecule has 0 aromatic carbocycles. The maximum atomic E-state index is 12.9. The molecule has 0 aromatic rings. The molecule has 9 atom stereocenters. The van der Waals surface area contributed by atoms with Crippen LogP contribution in [-0.4, -0.2) is 12.1 Å². The second-order valence-corrected chi connectivity index (χ2v) is 21.8. The molecule has 0 aliphatic heterocycles. The Morgan fingerprint density at radius 2 is 1.18 bits per heavy atom. The second kappa shape index (κ2) is 26.5. The van der Waals surface area contributed by atoms with Gasteiger partial charge in [-0.25, -0.2) is 0 Å². The summed E-state index contributed by atoms with van der Waals surface area (Å²) in [6.07, 6.45) is 50.2. The fourth-order valence-corrected chi connectivity index (χ4v) is 13.7. The highest BCUT2D eigenvalue weighted by Crippen LogP contribution is 2.67. The van der Waals surface area contributed by atoms with E-state index in [1.54, 1.807) is 5.57 Å². The van der Waals surface area contributed by atoms with Gasteiger partial charge in [-0.05, 0) is 110 Å². The molecular weight excluding hydrogens is 693 g/mol. The summed E-state index contributed by atoms with van der Waals surface area (Å²) in [5.41, 5.74) is 2.52. The lowest BCUT2D eigenvalue weighted by molar-refractivity contribution is -0.151. The molecule has 57 heavy (non-hydrogen) atoms. The van der Waals surface area contributed by atoms with Crippen LogP contribution < -0.4 is 0 Å². The van der Waals surface area contributed by atoms with Crippen molar-refractivity contribution in [1.82, 2.24) is 0 Å². The zero-order valence-electron chi connectivity index (χ0n) is 39.8. The van der Waals surface area contributed by atoms with Crippen molar-refractivity contribution in [2.24, 2.45) is 52.3 Å². The summed E-state index contributed by atoms with van der Waals surface area (Å²) in [5, 5.41) is 0. The van der Waals surface area contributed by atoms with Crippen LogP contribution in [0.1, 0.15) is 273 Å². The van der Waals surface area contributed by atoms with Crippen molar-refractivity contribution in [1.29, 1.82) is 0 Å². The van der Waals surface area contributed by atoms with Crippen LogP contribution in [0.5, 0.6) is 0 Å². The van der Waals surface area contributed by atoms with Crippen molar-refractivity contribution < 1.29 is 9.53 Å². The quantitative estimate of drug-likeness (QED) is 0.0397. The first kappa shape index (κ1) is 48.9. The van der Waals surface area contributed by atoms with Crippen LogP contribution >= 0.6 is 0 Å². The van der Waals surface area contributed by atoms with Crippen molar-refractivity contribution in [2.45, 2.75) is 279 Å². The molecule has 4 aliphatic carbocycles.